The van der Waals surface area contributed by atoms with Crippen molar-refractivity contribution < 1.29 is 9.84 Å². The third-order valence-electron chi connectivity index (χ3n) is 1.81. The van der Waals surface area contributed by atoms with Gasteiger partial charge >= 0.3 is 0 Å². The highest BCUT2D eigenvalue weighted by Gasteiger charge is 1.99. The monoisotopic (exact) mass is 196 g/mol. The molecule has 0 fully saturated rings. The van der Waals surface area contributed by atoms with Crippen LogP contribution in [0, 0.1) is 6.92 Å². The molecule has 1 heterocycles. The Morgan fingerprint density at radius 2 is 2.29 bits per heavy atom. The Kier molecular flexibility index (Phi) is 4.35. The molecule has 4 heteroatoms. The molecule has 14 heavy (non-hydrogen) atoms. The van der Waals surface area contributed by atoms with E-state index in [2.05, 4.69) is 10.3 Å². The molecule has 0 aliphatic rings. The van der Waals surface area contributed by atoms with Gasteiger partial charge in [0.25, 0.3) is 0 Å². The number of hydrogen-bond acceptors (Lipinski definition) is 4. The molecule has 0 saturated heterocycles. The number of hydrogen-bond donors (Lipinski definition) is 2. The van der Waals surface area contributed by atoms with E-state index >= 15 is 0 Å². The fourth-order valence-corrected chi connectivity index (χ4v) is 1.21. The number of nitrogens with one attached hydrogen (secondary N) is 1. The quantitative estimate of drug-likeness (QED) is 0.673. The van der Waals surface area contributed by atoms with Crippen LogP contribution in [-0.2, 0) is 6.54 Å². The molecule has 4 nitrogen and oxygen atoms in total. The van der Waals surface area contributed by atoms with E-state index < -0.39 is 0 Å². The van der Waals surface area contributed by atoms with Gasteiger partial charge in [-0.25, -0.2) is 0 Å². The van der Waals surface area contributed by atoms with Crippen molar-refractivity contribution in [1.82, 2.24) is 10.3 Å². The molecule has 0 bridgehead atoms. The number of ether oxygens (including phenoxy) is 1. The van der Waals surface area contributed by atoms with Crippen LogP contribution in [0.3, 0.4) is 0 Å². The molecule has 2 N–H and O–H groups in total. The van der Waals surface area contributed by atoms with Gasteiger partial charge in [0.1, 0.15) is 5.75 Å². The van der Waals surface area contributed by atoms with Crippen molar-refractivity contribution in [2.45, 2.75) is 13.5 Å². The first-order chi connectivity index (χ1) is 6.76. The second-order valence-electron chi connectivity index (χ2n) is 3.04. The molecule has 1 rings (SSSR count). The van der Waals surface area contributed by atoms with E-state index in [-0.39, 0.29) is 6.61 Å². The Morgan fingerprint density at radius 1 is 1.50 bits per heavy atom. The van der Waals surface area contributed by atoms with Gasteiger partial charge in [-0.2, -0.15) is 0 Å². The third kappa shape index (κ3) is 3.32. The summed E-state index contributed by atoms with van der Waals surface area (Å²) in [5.41, 5.74) is 1.86. The van der Waals surface area contributed by atoms with E-state index in [1.807, 2.05) is 19.1 Å². The molecule has 0 radical (unpaired) electrons. The van der Waals surface area contributed by atoms with Gasteiger partial charge in [-0.3, -0.25) is 4.98 Å². The number of aromatic nitrogens is 1. The Labute approximate surface area is 83.9 Å². The van der Waals surface area contributed by atoms with E-state index in [0.29, 0.717) is 13.1 Å². The maximum absolute atomic E-state index is 8.59. The molecule has 0 aromatic carbocycles. The van der Waals surface area contributed by atoms with Crippen LogP contribution in [0.2, 0.25) is 0 Å². The summed E-state index contributed by atoms with van der Waals surface area (Å²) in [7, 11) is 1.64. The topological polar surface area (TPSA) is 54.4 Å². The second-order valence-corrected chi connectivity index (χ2v) is 3.04. The first-order valence-corrected chi connectivity index (χ1v) is 4.59. The maximum Gasteiger partial charge on any atom is 0.122 e. The van der Waals surface area contributed by atoms with Crippen molar-refractivity contribution in [3.05, 3.63) is 23.5 Å². The lowest BCUT2D eigenvalue weighted by atomic mass is 10.3. The lowest BCUT2D eigenvalue weighted by molar-refractivity contribution is 0.291. The predicted octanol–water partition coefficient (Wildman–Crippen LogP) is 0.481. The van der Waals surface area contributed by atoms with E-state index in [4.69, 9.17) is 9.84 Å². The van der Waals surface area contributed by atoms with Gasteiger partial charge in [0.05, 0.1) is 19.4 Å². The number of aryl methyl sites for hydroxylation is 1. The summed E-state index contributed by atoms with van der Waals surface area (Å²) in [4.78, 5) is 4.33. The van der Waals surface area contributed by atoms with Gasteiger partial charge in [0.2, 0.25) is 0 Å². The number of rotatable bonds is 5. The van der Waals surface area contributed by atoms with E-state index in [1.165, 1.54) is 0 Å². The van der Waals surface area contributed by atoms with Crippen LogP contribution in [0.25, 0.3) is 0 Å². The van der Waals surface area contributed by atoms with Crippen molar-refractivity contribution >= 4 is 0 Å². The van der Waals surface area contributed by atoms with Crippen LogP contribution in [0.15, 0.2) is 12.1 Å². The highest BCUT2D eigenvalue weighted by Crippen LogP contribution is 2.12. The largest absolute Gasteiger partial charge is 0.497 e. The van der Waals surface area contributed by atoms with Crippen LogP contribution < -0.4 is 10.1 Å². The molecular formula is C10H16N2O2. The van der Waals surface area contributed by atoms with E-state index in [9.17, 15) is 0 Å². The number of aliphatic hydroxyl groups excluding tert-OH is 1. The molecule has 0 unspecified atom stereocenters. The Bertz CT molecular complexity index is 289. The standard InChI is InChI=1S/C10H16N2O2/c1-8-5-10(14-2)6-9(12-8)7-11-3-4-13/h5-6,11,13H,3-4,7H2,1-2H3. The zero-order valence-electron chi connectivity index (χ0n) is 8.58. The minimum absolute atomic E-state index is 0.142. The summed E-state index contributed by atoms with van der Waals surface area (Å²) < 4.78 is 5.12. The average Bonchev–Trinajstić information content (AvgIpc) is 2.17. The van der Waals surface area contributed by atoms with Crippen LogP contribution in [0.4, 0.5) is 0 Å². The van der Waals surface area contributed by atoms with Crippen molar-refractivity contribution in [3.8, 4) is 5.75 Å². The number of aliphatic hydroxyl groups is 1. The normalized spacial score (nSPS) is 10.2. The third-order valence-corrected chi connectivity index (χ3v) is 1.81. The molecule has 1 aromatic rings. The van der Waals surface area contributed by atoms with E-state index in [1.54, 1.807) is 7.11 Å². The van der Waals surface area contributed by atoms with Gasteiger partial charge in [0.15, 0.2) is 0 Å². The SMILES string of the molecule is COc1cc(C)nc(CNCCO)c1. The predicted molar refractivity (Wildman–Crippen MR) is 54.3 cm³/mol. The smallest absolute Gasteiger partial charge is 0.122 e. The molecule has 0 aliphatic heterocycles. The molecular weight excluding hydrogens is 180 g/mol. The molecule has 1 aromatic heterocycles. The fourth-order valence-electron chi connectivity index (χ4n) is 1.21. The Balaban J connectivity index is 2.62. The summed E-state index contributed by atoms with van der Waals surface area (Å²) in [5.74, 6) is 0.818. The van der Waals surface area contributed by atoms with Crippen LogP contribution in [-0.4, -0.2) is 30.4 Å². The highest BCUT2D eigenvalue weighted by molar-refractivity contribution is 5.26. The molecule has 78 valence electrons. The lowest BCUT2D eigenvalue weighted by Gasteiger charge is -2.06. The average molecular weight is 196 g/mol. The fraction of sp³-hybridized carbons (Fsp3) is 0.500. The zero-order valence-corrected chi connectivity index (χ0v) is 8.58. The summed E-state index contributed by atoms with van der Waals surface area (Å²) in [6.45, 7) is 3.30. The summed E-state index contributed by atoms with van der Waals surface area (Å²) >= 11 is 0. The van der Waals surface area contributed by atoms with Gasteiger partial charge in [0, 0.05) is 30.9 Å². The van der Waals surface area contributed by atoms with Crippen LogP contribution in [0.5, 0.6) is 5.75 Å². The number of nitrogens with zero attached hydrogens (tertiary/aromatic N) is 1. The number of methoxy groups -OCH3 is 1. The van der Waals surface area contributed by atoms with Gasteiger partial charge < -0.3 is 15.2 Å². The van der Waals surface area contributed by atoms with Crippen molar-refractivity contribution in [2.75, 3.05) is 20.3 Å². The maximum atomic E-state index is 8.59. The first kappa shape index (κ1) is 10.9. The lowest BCUT2D eigenvalue weighted by Crippen LogP contribution is -2.18. The van der Waals surface area contributed by atoms with Gasteiger partial charge in [-0.1, -0.05) is 0 Å². The molecule has 0 spiro atoms. The molecule has 0 saturated carbocycles. The van der Waals surface area contributed by atoms with Gasteiger partial charge in [-0.15, -0.1) is 0 Å². The second kappa shape index (κ2) is 5.57. The van der Waals surface area contributed by atoms with Crippen molar-refractivity contribution in [1.29, 1.82) is 0 Å². The summed E-state index contributed by atoms with van der Waals surface area (Å²) in [6, 6.07) is 3.77. The Morgan fingerprint density at radius 3 is 2.93 bits per heavy atom. The highest BCUT2D eigenvalue weighted by atomic mass is 16.5. The van der Waals surface area contributed by atoms with Crippen LogP contribution >= 0.6 is 0 Å². The molecule has 0 aliphatic carbocycles. The van der Waals surface area contributed by atoms with Crippen LogP contribution in [0.1, 0.15) is 11.4 Å². The summed E-state index contributed by atoms with van der Waals surface area (Å²) in [5, 5.41) is 11.7. The van der Waals surface area contributed by atoms with Crippen molar-refractivity contribution in [3.63, 3.8) is 0 Å². The summed E-state index contributed by atoms with van der Waals surface area (Å²) in [6.07, 6.45) is 0. The van der Waals surface area contributed by atoms with Crippen molar-refractivity contribution in [2.24, 2.45) is 0 Å². The Hall–Kier alpha value is -1.13. The first-order valence-electron chi connectivity index (χ1n) is 4.59. The molecule has 0 amide bonds. The van der Waals surface area contributed by atoms with Gasteiger partial charge in [-0.05, 0) is 6.92 Å². The zero-order chi connectivity index (χ0) is 10.4. The minimum atomic E-state index is 0.142. The molecule has 0 atom stereocenters. The minimum Gasteiger partial charge on any atom is -0.497 e. The van der Waals surface area contributed by atoms with E-state index in [0.717, 1.165) is 17.1 Å². The number of pyridine rings is 1.